The molecular formula is C19H27BrN2O. The average molecular weight is 379 g/mol. The van der Waals surface area contributed by atoms with Crippen molar-refractivity contribution >= 4 is 21.8 Å². The van der Waals surface area contributed by atoms with E-state index < -0.39 is 0 Å². The molecule has 2 atom stereocenters. The van der Waals surface area contributed by atoms with Crippen molar-refractivity contribution in [2.24, 2.45) is 5.92 Å². The van der Waals surface area contributed by atoms with Crippen LogP contribution in [-0.2, 0) is 0 Å². The molecule has 1 heterocycles. The van der Waals surface area contributed by atoms with Gasteiger partial charge in [0.05, 0.1) is 0 Å². The van der Waals surface area contributed by atoms with Crippen LogP contribution in [0.1, 0.15) is 55.3 Å². The summed E-state index contributed by atoms with van der Waals surface area (Å²) >= 11 is 3.42. The highest BCUT2D eigenvalue weighted by molar-refractivity contribution is 9.10. The van der Waals surface area contributed by atoms with Crippen molar-refractivity contribution in [3.8, 4) is 0 Å². The number of hydrogen-bond acceptors (Lipinski definition) is 2. The van der Waals surface area contributed by atoms with Crippen LogP contribution in [0.2, 0.25) is 0 Å². The Balaban J connectivity index is 1.59. The van der Waals surface area contributed by atoms with Gasteiger partial charge in [0, 0.05) is 22.6 Å². The molecule has 2 aliphatic rings. The predicted molar refractivity (Wildman–Crippen MR) is 97.6 cm³/mol. The molecule has 1 aliphatic heterocycles. The fourth-order valence-electron chi connectivity index (χ4n) is 3.94. The lowest BCUT2D eigenvalue weighted by molar-refractivity contribution is 0.0877. The second-order valence-corrected chi connectivity index (χ2v) is 7.91. The van der Waals surface area contributed by atoms with Gasteiger partial charge in [-0.3, -0.25) is 4.79 Å². The zero-order chi connectivity index (χ0) is 16.1. The molecule has 3 nitrogen and oxygen atoms in total. The number of rotatable bonds is 4. The molecule has 1 saturated heterocycles. The fraction of sp³-hybridized carbons (Fsp3) is 0.632. The lowest BCUT2D eigenvalue weighted by Crippen LogP contribution is -2.47. The number of hydrogen-bond donors (Lipinski definition) is 1. The van der Waals surface area contributed by atoms with E-state index in [1.165, 1.54) is 51.6 Å². The molecule has 0 bridgehead atoms. The van der Waals surface area contributed by atoms with Crippen LogP contribution in [0.15, 0.2) is 28.7 Å². The van der Waals surface area contributed by atoms with Gasteiger partial charge in [0.1, 0.15) is 0 Å². The highest BCUT2D eigenvalue weighted by Gasteiger charge is 2.28. The number of nitrogens with one attached hydrogen (secondary N) is 1. The van der Waals surface area contributed by atoms with Crippen LogP contribution in [0.3, 0.4) is 0 Å². The molecule has 1 saturated carbocycles. The summed E-state index contributed by atoms with van der Waals surface area (Å²) in [6, 6.07) is 7.98. The van der Waals surface area contributed by atoms with Crippen molar-refractivity contribution in [2.75, 3.05) is 19.6 Å². The van der Waals surface area contributed by atoms with Crippen LogP contribution in [0, 0.1) is 5.92 Å². The molecule has 1 aromatic rings. The van der Waals surface area contributed by atoms with Gasteiger partial charge in [0.15, 0.2) is 0 Å². The lowest BCUT2D eigenvalue weighted by atomic mass is 9.83. The minimum atomic E-state index is 0.0769. The topological polar surface area (TPSA) is 32.3 Å². The molecule has 1 N–H and O–H groups in total. The van der Waals surface area contributed by atoms with Gasteiger partial charge in [0.25, 0.3) is 5.91 Å². The molecule has 0 unspecified atom stereocenters. The third-order valence-electron chi connectivity index (χ3n) is 5.27. The third-order valence-corrected chi connectivity index (χ3v) is 5.80. The monoisotopic (exact) mass is 378 g/mol. The number of benzene rings is 1. The summed E-state index contributed by atoms with van der Waals surface area (Å²) in [5, 5.41) is 3.31. The molecular weight excluding hydrogens is 352 g/mol. The van der Waals surface area contributed by atoms with Gasteiger partial charge in [-0.1, -0.05) is 35.2 Å². The van der Waals surface area contributed by atoms with Crippen LogP contribution in [0.5, 0.6) is 0 Å². The van der Waals surface area contributed by atoms with Gasteiger partial charge in [-0.25, -0.2) is 0 Å². The van der Waals surface area contributed by atoms with Crippen molar-refractivity contribution in [2.45, 2.75) is 51.0 Å². The van der Waals surface area contributed by atoms with Gasteiger partial charge in [-0.05, 0) is 69.0 Å². The number of carbonyl (C=O) groups excluding carboxylic acids is 1. The fourth-order valence-corrected chi connectivity index (χ4v) is 4.21. The van der Waals surface area contributed by atoms with Crippen molar-refractivity contribution in [3.63, 3.8) is 0 Å². The summed E-state index contributed by atoms with van der Waals surface area (Å²) in [6.07, 6.45) is 8.98. The Kier molecular flexibility index (Phi) is 6.12. The van der Waals surface area contributed by atoms with Crippen molar-refractivity contribution < 1.29 is 4.79 Å². The van der Waals surface area contributed by atoms with Crippen LogP contribution in [0.25, 0.3) is 0 Å². The lowest BCUT2D eigenvalue weighted by Gasteiger charge is -2.37. The van der Waals surface area contributed by atoms with Gasteiger partial charge in [-0.15, -0.1) is 0 Å². The van der Waals surface area contributed by atoms with E-state index in [1.807, 2.05) is 24.3 Å². The van der Waals surface area contributed by atoms with Crippen LogP contribution < -0.4 is 5.32 Å². The Hall–Kier alpha value is -0.870. The van der Waals surface area contributed by atoms with Gasteiger partial charge < -0.3 is 10.2 Å². The quantitative estimate of drug-likeness (QED) is 0.850. The van der Waals surface area contributed by atoms with Gasteiger partial charge in [-0.2, -0.15) is 0 Å². The maximum Gasteiger partial charge on any atom is 0.251 e. The van der Waals surface area contributed by atoms with E-state index >= 15 is 0 Å². The number of carbonyl (C=O) groups is 1. The van der Waals surface area contributed by atoms with Gasteiger partial charge >= 0.3 is 0 Å². The number of nitrogens with zero attached hydrogens (tertiary/aromatic N) is 1. The predicted octanol–water partition coefficient (Wildman–Crippen LogP) is 4.22. The highest BCUT2D eigenvalue weighted by Crippen LogP contribution is 2.26. The molecule has 1 amide bonds. The van der Waals surface area contributed by atoms with E-state index in [1.54, 1.807) is 0 Å². The number of likely N-dealkylation sites (tertiary alicyclic amines) is 1. The summed E-state index contributed by atoms with van der Waals surface area (Å²) in [6.45, 7) is 3.64. The zero-order valence-corrected chi connectivity index (χ0v) is 15.4. The second-order valence-electron chi connectivity index (χ2n) is 6.99. The molecule has 0 radical (unpaired) electrons. The maximum absolute atomic E-state index is 12.5. The van der Waals surface area contributed by atoms with Gasteiger partial charge in [0.2, 0.25) is 0 Å². The van der Waals surface area contributed by atoms with E-state index in [0.29, 0.717) is 12.0 Å². The van der Waals surface area contributed by atoms with Crippen molar-refractivity contribution in [1.29, 1.82) is 0 Å². The SMILES string of the molecule is O=C(N[C@@H]1CCCC[C@H]1CN1CCCCC1)c1ccc(Br)cc1. The van der Waals surface area contributed by atoms with E-state index in [4.69, 9.17) is 0 Å². The van der Waals surface area contributed by atoms with Crippen molar-refractivity contribution in [3.05, 3.63) is 34.3 Å². The number of amides is 1. The highest BCUT2D eigenvalue weighted by atomic mass is 79.9. The van der Waals surface area contributed by atoms with E-state index in [0.717, 1.165) is 23.0 Å². The normalized spacial score (nSPS) is 26.0. The molecule has 23 heavy (non-hydrogen) atoms. The Morgan fingerprint density at radius 2 is 1.74 bits per heavy atom. The third kappa shape index (κ3) is 4.80. The second kappa shape index (κ2) is 8.29. The summed E-state index contributed by atoms with van der Waals surface area (Å²) < 4.78 is 1.01. The zero-order valence-electron chi connectivity index (χ0n) is 13.8. The Morgan fingerprint density at radius 3 is 2.48 bits per heavy atom. The maximum atomic E-state index is 12.5. The number of halogens is 1. The smallest absolute Gasteiger partial charge is 0.251 e. The van der Waals surface area contributed by atoms with E-state index in [-0.39, 0.29) is 5.91 Å². The summed E-state index contributed by atoms with van der Waals surface area (Å²) in [5.41, 5.74) is 0.760. The van der Waals surface area contributed by atoms with Crippen molar-refractivity contribution in [1.82, 2.24) is 10.2 Å². The molecule has 0 spiro atoms. The molecule has 2 fully saturated rings. The summed E-state index contributed by atoms with van der Waals surface area (Å²) in [4.78, 5) is 15.1. The first-order chi connectivity index (χ1) is 11.2. The Labute approximate surface area is 148 Å². The van der Waals surface area contributed by atoms with E-state index in [9.17, 15) is 4.79 Å². The molecule has 3 rings (SSSR count). The Morgan fingerprint density at radius 1 is 1.04 bits per heavy atom. The van der Waals surface area contributed by atoms with Crippen LogP contribution in [-0.4, -0.2) is 36.5 Å². The first-order valence-electron chi connectivity index (χ1n) is 9.01. The Bertz CT molecular complexity index is 511. The average Bonchev–Trinajstić information content (AvgIpc) is 2.58. The van der Waals surface area contributed by atoms with Crippen LogP contribution >= 0.6 is 15.9 Å². The first-order valence-corrected chi connectivity index (χ1v) is 9.80. The first kappa shape index (κ1) is 17.0. The molecule has 126 valence electrons. The molecule has 1 aromatic carbocycles. The largest absolute Gasteiger partial charge is 0.349 e. The minimum absolute atomic E-state index is 0.0769. The van der Waals surface area contributed by atoms with Crippen LogP contribution in [0.4, 0.5) is 0 Å². The van der Waals surface area contributed by atoms with E-state index in [2.05, 4.69) is 26.1 Å². The molecule has 0 aromatic heterocycles. The molecule has 4 heteroatoms. The summed E-state index contributed by atoms with van der Waals surface area (Å²) in [5.74, 6) is 0.689. The minimum Gasteiger partial charge on any atom is -0.349 e. The summed E-state index contributed by atoms with van der Waals surface area (Å²) in [7, 11) is 0. The molecule has 1 aliphatic carbocycles. The standard InChI is InChI=1S/C19H27BrN2O/c20-17-10-8-15(9-11-17)19(23)21-18-7-3-2-6-16(18)14-22-12-4-1-5-13-22/h8-11,16,18H,1-7,12-14H2,(H,21,23)/t16-,18+/m0/s1. The number of piperidine rings is 1.